The van der Waals surface area contributed by atoms with Gasteiger partial charge in [-0.2, -0.15) is 0 Å². The van der Waals surface area contributed by atoms with Crippen molar-refractivity contribution >= 4 is 6.09 Å². The molecule has 1 N–H and O–H groups in total. The molecule has 4 heteroatoms. The SMILES string of the molecule is CN(C(=O)OCc1ccccc1)C1CCC2(CC1)CC(O)C2. The minimum Gasteiger partial charge on any atom is -0.445 e. The Bertz CT molecular complexity index is 500. The van der Waals surface area contributed by atoms with Gasteiger partial charge in [-0.15, -0.1) is 0 Å². The Labute approximate surface area is 132 Å². The standard InChI is InChI=1S/C18H25NO3/c1-19(17(21)22-13-14-5-3-2-4-6-14)15-7-9-18(10-8-15)11-16(20)12-18/h2-6,15-16,20H,7-13H2,1H3. The lowest BCUT2D eigenvalue weighted by atomic mass is 9.58. The minimum atomic E-state index is -0.238. The average molecular weight is 303 g/mol. The van der Waals surface area contributed by atoms with Crippen LogP contribution in [-0.2, 0) is 11.3 Å². The molecule has 0 saturated heterocycles. The molecule has 0 atom stereocenters. The number of ether oxygens (including phenoxy) is 1. The summed E-state index contributed by atoms with van der Waals surface area (Å²) in [6.07, 6.45) is 5.83. The van der Waals surface area contributed by atoms with E-state index in [9.17, 15) is 9.90 Å². The zero-order valence-corrected chi connectivity index (χ0v) is 13.2. The molecule has 1 aromatic carbocycles. The van der Waals surface area contributed by atoms with Crippen LogP contribution >= 0.6 is 0 Å². The van der Waals surface area contributed by atoms with Crippen LogP contribution in [0.15, 0.2) is 30.3 Å². The predicted molar refractivity (Wildman–Crippen MR) is 84.3 cm³/mol. The fraction of sp³-hybridized carbons (Fsp3) is 0.611. The summed E-state index contributed by atoms with van der Waals surface area (Å²) >= 11 is 0. The molecule has 1 spiro atoms. The molecule has 0 radical (unpaired) electrons. The number of carbonyl (C=O) groups is 1. The molecular formula is C18H25NO3. The first-order valence-corrected chi connectivity index (χ1v) is 8.20. The van der Waals surface area contributed by atoms with E-state index in [1.807, 2.05) is 37.4 Å². The summed E-state index contributed by atoms with van der Waals surface area (Å²) in [7, 11) is 1.84. The molecule has 2 aliphatic rings. The van der Waals surface area contributed by atoms with Crippen LogP contribution in [0.3, 0.4) is 0 Å². The normalized spacial score (nSPS) is 30.6. The van der Waals surface area contributed by atoms with Gasteiger partial charge in [0.15, 0.2) is 0 Å². The van der Waals surface area contributed by atoms with Crippen molar-refractivity contribution < 1.29 is 14.6 Å². The van der Waals surface area contributed by atoms with Crippen LogP contribution in [0, 0.1) is 5.41 Å². The zero-order valence-electron chi connectivity index (χ0n) is 13.2. The molecule has 0 heterocycles. The van der Waals surface area contributed by atoms with Gasteiger partial charge >= 0.3 is 6.09 Å². The van der Waals surface area contributed by atoms with Crippen LogP contribution < -0.4 is 0 Å². The van der Waals surface area contributed by atoms with Gasteiger partial charge in [0.25, 0.3) is 0 Å². The molecule has 22 heavy (non-hydrogen) atoms. The molecule has 2 fully saturated rings. The van der Waals surface area contributed by atoms with E-state index in [1.54, 1.807) is 4.90 Å². The first kappa shape index (κ1) is 15.3. The second-order valence-electron chi connectivity index (χ2n) is 6.94. The van der Waals surface area contributed by atoms with Gasteiger partial charge in [0.1, 0.15) is 6.61 Å². The van der Waals surface area contributed by atoms with Gasteiger partial charge in [0, 0.05) is 13.1 Å². The Morgan fingerprint density at radius 1 is 1.27 bits per heavy atom. The third-order valence-corrected chi connectivity index (χ3v) is 5.39. The summed E-state index contributed by atoms with van der Waals surface area (Å²) in [5.74, 6) is 0. The van der Waals surface area contributed by atoms with E-state index in [2.05, 4.69) is 0 Å². The van der Waals surface area contributed by atoms with Crippen LogP contribution in [0.2, 0.25) is 0 Å². The Balaban J connectivity index is 1.45. The van der Waals surface area contributed by atoms with E-state index in [4.69, 9.17) is 4.74 Å². The number of rotatable bonds is 3. The summed E-state index contributed by atoms with van der Waals surface area (Å²) in [6.45, 7) is 0.326. The molecular weight excluding hydrogens is 278 g/mol. The van der Waals surface area contributed by atoms with Crippen molar-refractivity contribution in [2.45, 2.75) is 57.3 Å². The number of benzene rings is 1. The highest BCUT2D eigenvalue weighted by molar-refractivity contribution is 5.67. The largest absolute Gasteiger partial charge is 0.445 e. The number of aliphatic hydroxyl groups is 1. The van der Waals surface area contributed by atoms with E-state index < -0.39 is 0 Å². The van der Waals surface area contributed by atoms with Gasteiger partial charge in [-0.1, -0.05) is 30.3 Å². The maximum absolute atomic E-state index is 12.2. The van der Waals surface area contributed by atoms with Crippen molar-refractivity contribution in [3.05, 3.63) is 35.9 Å². The topological polar surface area (TPSA) is 49.8 Å². The van der Waals surface area contributed by atoms with E-state index in [0.29, 0.717) is 12.0 Å². The maximum atomic E-state index is 12.2. The number of hydrogen-bond acceptors (Lipinski definition) is 3. The van der Waals surface area contributed by atoms with Crippen LogP contribution in [0.25, 0.3) is 0 Å². The van der Waals surface area contributed by atoms with Gasteiger partial charge in [0.2, 0.25) is 0 Å². The molecule has 3 rings (SSSR count). The predicted octanol–water partition coefficient (Wildman–Crippen LogP) is 3.34. The van der Waals surface area contributed by atoms with E-state index in [-0.39, 0.29) is 18.2 Å². The van der Waals surface area contributed by atoms with Crippen LogP contribution in [-0.4, -0.2) is 35.3 Å². The molecule has 2 saturated carbocycles. The maximum Gasteiger partial charge on any atom is 0.410 e. The van der Waals surface area contributed by atoms with Gasteiger partial charge in [-0.25, -0.2) is 4.79 Å². The molecule has 120 valence electrons. The smallest absolute Gasteiger partial charge is 0.410 e. The highest BCUT2D eigenvalue weighted by Crippen LogP contribution is 2.52. The Morgan fingerprint density at radius 3 is 2.50 bits per heavy atom. The van der Waals surface area contributed by atoms with Gasteiger partial charge in [-0.05, 0) is 49.5 Å². The second-order valence-corrected chi connectivity index (χ2v) is 6.94. The third kappa shape index (κ3) is 3.27. The van der Waals surface area contributed by atoms with Crippen molar-refractivity contribution in [1.82, 2.24) is 4.90 Å². The number of carbonyl (C=O) groups excluding carboxylic acids is 1. The number of nitrogens with zero attached hydrogens (tertiary/aromatic N) is 1. The van der Waals surface area contributed by atoms with Crippen LogP contribution in [0.4, 0.5) is 4.79 Å². The van der Waals surface area contributed by atoms with Crippen LogP contribution in [0.5, 0.6) is 0 Å². The minimum absolute atomic E-state index is 0.0925. The lowest BCUT2D eigenvalue weighted by Crippen LogP contribution is -2.48. The fourth-order valence-electron chi connectivity index (χ4n) is 3.92. The first-order valence-electron chi connectivity index (χ1n) is 8.20. The highest BCUT2D eigenvalue weighted by atomic mass is 16.6. The Morgan fingerprint density at radius 2 is 1.91 bits per heavy atom. The average Bonchev–Trinajstić information content (AvgIpc) is 2.52. The summed E-state index contributed by atoms with van der Waals surface area (Å²) in [5, 5.41) is 9.52. The lowest BCUT2D eigenvalue weighted by molar-refractivity contribution is -0.0646. The monoisotopic (exact) mass is 303 g/mol. The van der Waals surface area contributed by atoms with E-state index in [0.717, 1.165) is 44.1 Å². The van der Waals surface area contributed by atoms with Crippen molar-refractivity contribution in [2.75, 3.05) is 7.05 Å². The molecule has 4 nitrogen and oxygen atoms in total. The number of hydrogen-bond donors (Lipinski definition) is 1. The second kappa shape index (κ2) is 6.29. The zero-order chi connectivity index (χ0) is 15.6. The fourth-order valence-corrected chi connectivity index (χ4v) is 3.92. The third-order valence-electron chi connectivity index (χ3n) is 5.39. The first-order chi connectivity index (χ1) is 10.6. The molecule has 0 bridgehead atoms. The highest BCUT2D eigenvalue weighted by Gasteiger charge is 2.46. The van der Waals surface area contributed by atoms with Crippen LogP contribution in [0.1, 0.15) is 44.1 Å². The van der Waals surface area contributed by atoms with Gasteiger partial charge < -0.3 is 14.7 Å². The Kier molecular flexibility index (Phi) is 4.39. The van der Waals surface area contributed by atoms with Gasteiger partial charge in [0.05, 0.1) is 6.10 Å². The lowest BCUT2D eigenvalue weighted by Gasteiger charge is -2.50. The summed E-state index contributed by atoms with van der Waals surface area (Å²) < 4.78 is 5.40. The Hall–Kier alpha value is -1.55. The van der Waals surface area contributed by atoms with Crippen molar-refractivity contribution in [2.24, 2.45) is 5.41 Å². The molecule has 2 aliphatic carbocycles. The molecule has 0 aliphatic heterocycles. The number of amides is 1. The van der Waals surface area contributed by atoms with E-state index >= 15 is 0 Å². The summed E-state index contributed by atoms with van der Waals surface area (Å²) in [5.41, 5.74) is 1.38. The van der Waals surface area contributed by atoms with Gasteiger partial charge in [-0.3, -0.25) is 0 Å². The molecule has 1 amide bonds. The molecule has 1 aromatic rings. The van der Waals surface area contributed by atoms with Crippen molar-refractivity contribution in [1.29, 1.82) is 0 Å². The summed E-state index contributed by atoms with van der Waals surface area (Å²) in [4.78, 5) is 13.9. The molecule has 0 unspecified atom stereocenters. The van der Waals surface area contributed by atoms with Crippen molar-refractivity contribution in [3.63, 3.8) is 0 Å². The molecule has 0 aromatic heterocycles. The quantitative estimate of drug-likeness (QED) is 0.931. The number of aliphatic hydroxyl groups excluding tert-OH is 1. The van der Waals surface area contributed by atoms with Crippen molar-refractivity contribution in [3.8, 4) is 0 Å². The summed E-state index contributed by atoms with van der Waals surface area (Å²) in [6, 6.07) is 10.0. The van der Waals surface area contributed by atoms with E-state index in [1.165, 1.54) is 0 Å².